The van der Waals surface area contributed by atoms with Gasteiger partial charge in [0.1, 0.15) is 18.1 Å². The van der Waals surface area contributed by atoms with E-state index in [1.54, 1.807) is 71.9 Å². The summed E-state index contributed by atoms with van der Waals surface area (Å²) in [5.74, 6) is -0.399. The lowest BCUT2D eigenvalue weighted by molar-refractivity contribution is 0.0224. The number of fused-ring (bicyclic) bond motifs is 2. The highest BCUT2D eigenvalue weighted by molar-refractivity contribution is 7.49. The molecule has 0 heterocycles. The summed E-state index contributed by atoms with van der Waals surface area (Å²) >= 11 is 6.32. The van der Waals surface area contributed by atoms with Crippen molar-refractivity contribution in [2.75, 3.05) is 31.6 Å². The first-order chi connectivity index (χ1) is 26.9. The van der Waals surface area contributed by atoms with Gasteiger partial charge >= 0.3 is 13.9 Å². The van der Waals surface area contributed by atoms with Gasteiger partial charge in [0, 0.05) is 17.6 Å². The van der Waals surface area contributed by atoms with E-state index in [-0.39, 0.29) is 54.1 Å². The highest BCUT2D eigenvalue weighted by atomic mass is 35.5. The van der Waals surface area contributed by atoms with E-state index in [2.05, 4.69) is 16.0 Å². The van der Waals surface area contributed by atoms with E-state index >= 15 is 0 Å². The normalized spacial score (nSPS) is 11.9. The Morgan fingerprint density at radius 1 is 0.649 bits per heavy atom. The van der Waals surface area contributed by atoms with Crippen LogP contribution in [0.25, 0.3) is 21.5 Å². The minimum Gasteiger partial charge on any atom is -0.493 e. The molecule has 0 saturated heterocycles. The second kappa shape index (κ2) is 18.3. The number of ether oxygens (including phenoxy) is 2. The van der Waals surface area contributed by atoms with E-state index in [0.29, 0.717) is 17.7 Å². The number of carbonyl (C=O) groups is 3. The molecule has 5 rings (SSSR count). The van der Waals surface area contributed by atoms with Gasteiger partial charge in [0.2, 0.25) is 0 Å². The van der Waals surface area contributed by atoms with Crippen LogP contribution in [0.4, 0.5) is 10.5 Å². The second-order valence-corrected chi connectivity index (χ2v) is 16.8. The summed E-state index contributed by atoms with van der Waals surface area (Å²) in [6.45, 7) is 10.7. The molecular formula is C42H47ClN3O10P. The van der Waals surface area contributed by atoms with Gasteiger partial charge in [0.15, 0.2) is 5.75 Å². The van der Waals surface area contributed by atoms with E-state index in [0.717, 1.165) is 21.5 Å². The number of amides is 3. The van der Waals surface area contributed by atoms with Crippen LogP contribution in [-0.2, 0) is 13.6 Å². The zero-order valence-corrected chi connectivity index (χ0v) is 34.3. The zero-order chi connectivity index (χ0) is 41.4. The van der Waals surface area contributed by atoms with E-state index in [9.17, 15) is 18.9 Å². The zero-order valence-electron chi connectivity index (χ0n) is 32.6. The van der Waals surface area contributed by atoms with Gasteiger partial charge in [0.05, 0.1) is 41.2 Å². The average Bonchev–Trinajstić information content (AvgIpc) is 3.11. The number of benzene rings is 5. The minimum absolute atomic E-state index is 0.00175. The molecule has 302 valence electrons. The van der Waals surface area contributed by atoms with Gasteiger partial charge in [-0.3, -0.25) is 18.6 Å². The van der Waals surface area contributed by atoms with E-state index < -0.39 is 36.9 Å². The number of nitrogens with one attached hydrogen (secondary N) is 3. The maximum absolute atomic E-state index is 14.0. The summed E-state index contributed by atoms with van der Waals surface area (Å²) in [6.07, 6.45) is -0.720. The van der Waals surface area contributed by atoms with Crippen LogP contribution in [0.3, 0.4) is 0 Å². The molecule has 5 aromatic rings. The smallest absolute Gasteiger partial charge is 0.493 e. The fraction of sp³-hybridized carbons (Fsp3) is 0.310. The third kappa shape index (κ3) is 12.6. The number of phosphoric ester groups is 1. The first-order valence-corrected chi connectivity index (χ1v) is 20.1. The summed E-state index contributed by atoms with van der Waals surface area (Å²) in [5.41, 5.74) is -1.18. The lowest BCUT2D eigenvalue weighted by atomic mass is 10.0. The Labute approximate surface area is 336 Å². The van der Waals surface area contributed by atoms with Crippen molar-refractivity contribution in [3.8, 4) is 17.2 Å². The van der Waals surface area contributed by atoms with E-state index in [1.165, 1.54) is 12.1 Å². The van der Waals surface area contributed by atoms with Gasteiger partial charge in [-0.05, 0) is 106 Å². The van der Waals surface area contributed by atoms with Gasteiger partial charge in [-0.25, -0.2) is 9.36 Å². The number of carbonyl (C=O) groups excluding carboxylic acids is 2. The lowest BCUT2D eigenvalue weighted by Crippen LogP contribution is -2.29. The van der Waals surface area contributed by atoms with Crippen molar-refractivity contribution in [3.63, 3.8) is 0 Å². The van der Waals surface area contributed by atoms with Crippen LogP contribution in [0.2, 0.25) is 5.02 Å². The van der Waals surface area contributed by atoms with Crippen LogP contribution >= 0.6 is 19.4 Å². The highest BCUT2D eigenvalue weighted by Gasteiger charge is 2.39. The highest BCUT2D eigenvalue weighted by Crippen LogP contribution is 2.56. The van der Waals surface area contributed by atoms with Crippen molar-refractivity contribution in [3.05, 3.63) is 107 Å². The predicted octanol–water partition coefficient (Wildman–Crippen LogP) is 9.86. The molecule has 57 heavy (non-hydrogen) atoms. The van der Waals surface area contributed by atoms with Crippen LogP contribution < -0.4 is 29.9 Å². The van der Waals surface area contributed by atoms with Crippen LogP contribution in [0.1, 0.15) is 68.7 Å². The van der Waals surface area contributed by atoms with Gasteiger partial charge in [0.25, 0.3) is 11.8 Å². The number of hydrogen-bond donors (Lipinski definition) is 4. The number of anilines is 1. The summed E-state index contributed by atoms with van der Waals surface area (Å²) in [5, 5.41) is 20.4. The molecule has 4 N–H and O–H groups in total. The molecule has 0 aromatic heterocycles. The molecule has 15 heteroatoms. The number of carboxylic acid groups (broad SMARTS) is 1. The maximum Gasteiger partial charge on any atom is 0.531 e. The Kier molecular flexibility index (Phi) is 13.7. The fourth-order valence-corrected chi connectivity index (χ4v) is 7.62. The predicted molar refractivity (Wildman–Crippen MR) is 221 cm³/mol. The van der Waals surface area contributed by atoms with E-state index in [1.807, 2.05) is 48.5 Å². The van der Waals surface area contributed by atoms with Crippen LogP contribution in [0.5, 0.6) is 17.2 Å². The Hall–Kier alpha value is -5.33. The van der Waals surface area contributed by atoms with Crippen LogP contribution in [0, 0.1) is 0 Å². The van der Waals surface area contributed by atoms with Crippen molar-refractivity contribution in [2.45, 2.75) is 59.2 Å². The molecule has 5 aromatic carbocycles. The van der Waals surface area contributed by atoms with Crippen molar-refractivity contribution >= 4 is 64.6 Å². The number of rotatable bonds is 16. The van der Waals surface area contributed by atoms with Gasteiger partial charge in [-0.2, -0.15) is 0 Å². The van der Waals surface area contributed by atoms with E-state index in [4.69, 9.17) is 39.8 Å². The monoisotopic (exact) mass is 819 g/mol. The first kappa shape index (κ1) is 42.8. The third-order valence-electron chi connectivity index (χ3n) is 7.86. The molecule has 0 aliphatic heterocycles. The van der Waals surface area contributed by atoms with Crippen molar-refractivity contribution in [1.29, 1.82) is 0 Å². The molecule has 0 unspecified atom stereocenters. The summed E-state index contributed by atoms with van der Waals surface area (Å²) in [7, 11) is -4.26. The van der Waals surface area contributed by atoms with Crippen molar-refractivity contribution < 1.29 is 47.1 Å². The molecule has 0 fully saturated rings. The van der Waals surface area contributed by atoms with Gasteiger partial charge in [-0.15, -0.1) is 0 Å². The molecule has 0 saturated carbocycles. The average molecular weight is 820 g/mol. The molecule has 0 spiro atoms. The standard InChI is InChI=1S/C42H47ClN3O10P/c1-41(2,3)55-57(51,56-42(4,5)6)54-37-26-31(43)16-17-34(37)46-39(48)33-23-28-13-8-10-15-30(28)25-36(33)53-21-19-44-38(47)32-22-27-12-7-9-14-29(27)24-35(32)52-20-11-18-45-40(49)50/h7-10,12-17,22-26,45H,11,18-21H2,1-6H3,(H,44,47)(H,46,48)(H,49,50). The van der Waals surface area contributed by atoms with Crippen LogP contribution in [-0.4, -0.2) is 60.5 Å². The first-order valence-electron chi connectivity index (χ1n) is 18.3. The SMILES string of the molecule is CC(C)(C)OP(=O)(Oc1cc(Cl)ccc1NC(=O)c1cc2ccccc2cc1OCCNC(=O)c1cc2ccccc2cc1OCCCNC(=O)O)OC(C)(C)C. The van der Waals surface area contributed by atoms with Crippen molar-refractivity contribution in [1.82, 2.24) is 10.6 Å². The Morgan fingerprint density at radius 3 is 1.68 bits per heavy atom. The van der Waals surface area contributed by atoms with Gasteiger partial charge < -0.3 is 35.1 Å². The number of hydrogen-bond acceptors (Lipinski definition) is 9. The molecule has 0 bridgehead atoms. The Morgan fingerprint density at radius 2 is 1.16 bits per heavy atom. The number of halogens is 1. The molecular weight excluding hydrogens is 773 g/mol. The number of phosphoric acid groups is 1. The summed E-state index contributed by atoms with van der Waals surface area (Å²) in [6, 6.07) is 26.4. The minimum atomic E-state index is -4.26. The van der Waals surface area contributed by atoms with Gasteiger partial charge in [-0.1, -0.05) is 60.1 Å². The molecule has 0 atom stereocenters. The Balaban J connectivity index is 1.34. The lowest BCUT2D eigenvalue weighted by Gasteiger charge is -2.31. The maximum atomic E-state index is 14.0. The van der Waals surface area contributed by atoms with Crippen molar-refractivity contribution in [2.24, 2.45) is 0 Å². The van der Waals surface area contributed by atoms with Crippen LogP contribution in [0.15, 0.2) is 91.0 Å². The molecule has 0 radical (unpaired) electrons. The summed E-state index contributed by atoms with van der Waals surface area (Å²) < 4.78 is 43.6. The molecule has 0 aliphatic rings. The second-order valence-electron chi connectivity index (χ2n) is 15.0. The summed E-state index contributed by atoms with van der Waals surface area (Å²) in [4.78, 5) is 38.3. The third-order valence-corrected chi connectivity index (χ3v) is 10.1. The fourth-order valence-electron chi connectivity index (χ4n) is 5.61. The quantitative estimate of drug-likeness (QED) is 0.0555. The molecule has 13 nitrogen and oxygen atoms in total. The largest absolute Gasteiger partial charge is 0.531 e. The Bertz CT molecular complexity index is 2280. The molecule has 0 aliphatic carbocycles. The molecule has 3 amide bonds. The topological polar surface area (TPSA) is 171 Å².